The van der Waals surface area contributed by atoms with Crippen molar-refractivity contribution in [2.24, 2.45) is 0 Å². The summed E-state index contributed by atoms with van der Waals surface area (Å²) in [6.07, 6.45) is -3.06. The number of aliphatic carboxylic acids is 1. The van der Waals surface area contributed by atoms with E-state index in [4.69, 9.17) is 5.11 Å². The fourth-order valence-corrected chi connectivity index (χ4v) is 0.993. The minimum absolute atomic E-state index is 0.230. The van der Waals surface area contributed by atoms with Crippen LogP contribution in [0.15, 0.2) is 12.4 Å². The number of aromatic nitrogens is 2. The van der Waals surface area contributed by atoms with Gasteiger partial charge in [0, 0.05) is 6.20 Å². The second kappa shape index (κ2) is 4.31. The maximum Gasteiger partial charge on any atom is 0.471 e. The Morgan fingerprint density at radius 2 is 1.94 bits per heavy atom. The second-order valence-corrected chi connectivity index (χ2v) is 3.99. The van der Waals surface area contributed by atoms with Crippen LogP contribution in [0.1, 0.15) is 13.8 Å². The summed E-state index contributed by atoms with van der Waals surface area (Å²) >= 11 is 0. The molecule has 6 nitrogen and oxygen atoms in total. The molecule has 0 bridgehead atoms. The first-order valence-electron chi connectivity index (χ1n) is 4.72. The summed E-state index contributed by atoms with van der Waals surface area (Å²) in [5.41, 5.74) is -1.66. The number of anilines is 1. The summed E-state index contributed by atoms with van der Waals surface area (Å²) < 4.78 is 36.9. The Kier molecular flexibility index (Phi) is 3.36. The number of amides is 1. The first kappa shape index (κ1) is 14.0. The van der Waals surface area contributed by atoms with Gasteiger partial charge in [-0.1, -0.05) is 0 Å². The molecule has 18 heavy (non-hydrogen) atoms. The molecule has 0 fully saturated rings. The van der Waals surface area contributed by atoms with Crippen molar-refractivity contribution in [3.8, 4) is 0 Å². The average Bonchev–Trinajstić information content (AvgIpc) is 2.64. The molecule has 0 aliphatic heterocycles. The van der Waals surface area contributed by atoms with Crippen LogP contribution in [0, 0.1) is 0 Å². The molecule has 0 radical (unpaired) electrons. The van der Waals surface area contributed by atoms with Crippen LogP contribution in [0.5, 0.6) is 0 Å². The number of nitrogens with one attached hydrogen (secondary N) is 1. The molecule has 0 unspecified atom stereocenters. The quantitative estimate of drug-likeness (QED) is 0.860. The third-order valence-electron chi connectivity index (χ3n) is 2.19. The lowest BCUT2D eigenvalue weighted by atomic mass is 10.1. The van der Waals surface area contributed by atoms with Crippen LogP contribution in [0.3, 0.4) is 0 Å². The lowest BCUT2D eigenvalue weighted by Crippen LogP contribution is -2.36. The Morgan fingerprint density at radius 3 is 2.39 bits per heavy atom. The molecule has 9 heteroatoms. The van der Waals surface area contributed by atoms with Gasteiger partial charge in [-0.15, -0.1) is 0 Å². The van der Waals surface area contributed by atoms with E-state index in [9.17, 15) is 22.8 Å². The Morgan fingerprint density at radius 1 is 1.39 bits per heavy atom. The van der Waals surface area contributed by atoms with Gasteiger partial charge in [0.2, 0.25) is 0 Å². The summed E-state index contributed by atoms with van der Waals surface area (Å²) in [4.78, 5) is 21.5. The molecule has 1 aromatic rings. The van der Waals surface area contributed by atoms with Crippen molar-refractivity contribution >= 4 is 17.6 Å². The van der Waals surface area contributed by atoms with Crippen LogP contribution in [0.2, 0.25) is 0 Å². The van der Waals surface area contributed by atoms with Crippen molar-refractivity contribution in [1.82, 2.24) is 9.78 Å². The average molecular weight is 265 g/mol. The van der Waals surface area contributed by atoms with Crippen molar-refractivity contribution in [3.63, 3.8) is 0 Å². The van der Waals surface area contributed by atoms with Gasteiger partial charge < -0.3 is 10.4 Å². The molecule has 0 spiro atoms. The van der Waals surface area contributed by atoms with E-state index in [1.165, 1.54) is 13.8 Å². The first-order valence-corrected chi connectivity index (χ1v) is 4.72. The zero-order valence-electron chi connectivity index (χ0n) is 9.45. The van der Waals surface area contributed by atoms with Gasteiger partial charge in [-0.25, -0.2) is 4.79 Å². The number of rotatable bonds is 3. The highest BCUT2D eigenvalue weighted by molar-refractivity contribution is 5.94. The number of alkyl halides is 3. The predicted octanol–water partition coefficient (Wildman–Crippen LogP) is 1.20. The van der Waals surface area contributed by atoms with Gasteiger partial charge in [-0.05, 0) is 13.8 Å². The number of carboxylic acids is 1. The van der Waals surface area contributed by atoms with Gasteiger partial charge in [0.15, 0.2) is 5.54 Å². The van der Waals surface area contributed by atoms with Crippen molar-refractivity contribution in [3.05, 3.63) is 12.4 Å². The van der Waals surface area contributed by atoms with E-state index in [1.54, 1.807) is 5.32 Å². The van der Waals surface area contributed by atoms with Gasteiger partial charge in [-0.3, -0.25) is 9.48 Å². The van der Waals surface area contributed by atoms with Crippen molar-refractivity contribution in [2.75, 3.05) is 5.32 Å². The summed E-state index contributed by atoms with van der Waals surface area (Å²) in [6.45, 7) is 2.63. The van der Waals surface area contributed by atoms with Crippen LogP contribution in [0.4, 0.5) is 18.9 Å². The normalized spacial score (nSPS) is 12.3. The first-order chi connectivity index (χ1) is 8.05. The van der Waals surface area contributed by atoms with Crippen LogP contribution in [-0.4, -0.2) is 32.9 Å². The summed E-state index contributed by atoms with van der Waals surface area (Å²) in [6, 6.07) is 0. The van der Waals surface area contributed by atoms with Gasteiger partial charge >= 0.3 is 18.1 Å². The molecule has 2 N–H and O–H groups in total. The molecule has 1 heterocycles. The number of carboxylic acid groups (broad SMARTS) is 1. The predicted molar refractivity (Wildman–Crippen MR) is 53.9 cm³/mol. The van der Waals surface area contributed by atoms with E-state index in [2.05, 4.69) is 5.10 Å². The molecule has 0 saturated heterocycles. The summed E-state index contributed by atoms with van der Waals surface area (Å²) in [5.74, 6) is -3.35. The van der Waals surface area contributed by atoms with Crippen LogP contribution < -0.4 is 5.32 Å². The van der Waals surface area contributed by atoms with E-state index in [-0.39, 0.29) is 5.69 Å². The van der Waals surface area contributed by atoms with Crippen LogP contribution in [0.25, 0.3) is 0 Å². The highest BCUT2D eigenvalue weighted by Gasteiger charge is 2.39. The lowest BCUT2D eigenvalue weighted by molar-refractivity contribution is -0.167. The van der Waals surface area contributed by atoms with Crippen molar-refractivity contribution in [2.45, 2.75) is 25.6 Å². The molecule has 1 rings (SSSR count). The Bertz CT molecular complexity index is 479. The number of carbonyl (C=O) groups is 2. The van der Waals surface area contributed by atoms with Crippen LogP contribution >= 0.6 is 0 Å². The summed E-state index contributed by atoms with van der Waals surface area (Å²) in [5, 5.41) is 14.1. The molecular weight excluding hydrogens is 255 g/mol. The number of nitrogens with zero attached hydrogens (tertiary/aromatic N) is 2. The lowest BCUT2D eigenvalue weighted by Gasteiger charge is -2.19. The molecule has 1 aromatic heterocycles. The fourth-order valence-electron chi connectivity index (χ4n) is 0.993. The molecular formula is C9H10F3N3O3. The second-order valence-electron chi connectivity index (χ2n) is 3.99. The maximum atomic E-state index is 12.0. The van der Waals surface area contributed by atoms with Gasteiger partial charge in [0.1, 0.15) is 0 Å². The highest BCUT2D eigenvalue weighted by Crippen LogP contribution is 2.20. The topological polar surface area (TPSA) is 84.2 Å². The zero-order chi connectivity index (χ0) is 14.1. The molecule has 100 valence electrons. The van der Waals surface area contributed by atoms with E-state index >= 15 is 0 Å². The van der Waals surface area contributed by atoms with Gasteiger partial charge in [0.25, 0.3) is 0 Å². The smallest absolute Gasteiger partial charge is 0.471 e. The van der Waals surface area contributed by atoms with E-state index in [0.717, 1.165) is 17.1 Å². The number of hydrogen-bond acceptors (Lipinski definition) is 3. The minimum Gasteiger partial charge on any atom is -0.479 e. The van der Waals surface area contributed by atoms with E-state index < -0.39 is 23.6 Å². The maximum absolute atomic E-state index is 12.0. The van der Waals surface area contributed by atoms with Gasteiger partial charge in [-0.2, -0.15) is 18.3 Å². The number of hydrogen-bond donors (Lipinski definition) is 2. The van der Waals surface area contributed by atoms with Crippen LogP contribution in [-0.2, 0) is 15.1 Å². The minimum atomic E-state index is -5.01. The van der Waals surface area contributed by atoms with E-state index in [1.807, 2.05) is 0 Å². The molecule has 0 aliphatic carbocycles. The molecule has 1 amide bonds. The Balaban J connectivity index is 2.89. The number of carbonyl (C=O) groups excluding carboxylic acids is 1. The SMILES string of the molecule is CC(C)(C(=O)O)n1cc(NC(=O)C(F)(F)F)cn1. The van der Waals surface area contributed by atoms with Crippen molar-refractivity contribution in [1.29, 1.82) is 0 Å². The Hall–Kier alpha value is -2.06. The molecule has 0 aliphatic rings. The third kappa shape index (κ3) is 2.79. The molecule has 0 saturated carbocycles. The largest absolute Gasteiger partial charge is 0.479 e. The standard InChI is InChI=1S/C9H10F3N3O3/c1-8(2,7(17)18)15-4-5(3-13-15)14-6(16)9(10,11)12/h3-4H,1-2H3,(H,14,16)(H,17,18). The monoisotopic (exact) mass is 265 g/mol. The fraction of sp³-hybridized carbons (Fsp3) is 0.444. The third-order valence-corrected chi connectivity index (χ3v) is 2.19. The zero-order valence-corrected chi connectivity index (χ0v) is 9.45. The summed E-state index contributed by atoms with van der Waals surface area (Å²) in [7, 11) is 0. The molecule has 0 aromatic carbocycles. The Labute approximate surface area is 99.4 Å². The molecule has 0 atom stereocenters. The highest BCUT2D eigenvalue weighted by atomic mass is 19.4. The van der Waals surface area contributed by atoms with E-state index in [0.29, 0.717) is 0 Å². The van der Waals surface area contributed by atoms with Crippen molar-refractivity contribution < 1.29 is 27.9 Å². The number of halogens is 3. The van der Waals surface area contributed by atoms with Gasteiger partial charge in [0.05, 0.1) is 11.9 Å².